The highest BCUT2D eigenvalue weighted by Crippen LogP contribution is 2.78. The van der Waals surface area contributed by atoms with E-state index in [1.54, 1.807) is 0 Å². The van der Waals surface area contributed by atoms with Gasteiger partial charge >= 0.3 is 5.97 Å². The Labute approximate surface area is 201 Å². The maximum absolute atomic E-state index is 12.5. The molecular formula is C30H48O3. The third kappa shape index (κ3) is 2.81. The number of hydrogen-bond donors (Lipinski definition) is 2. The van der Waals surface area contributed by atoms with E-state index in [2.05, 4.69) is 41.2 Å². The van der Waals surface area contributed by atoms with E-state index in [1.165, 1.54) is 44.1 Å². The second kappa shape index (κ2) is 7.11. The Morgan fingerprint density at radius 2 is 1.36 bits per heavy atom. The fourth-order valence-corrected chi connectivity index (χ4v) is 11.9. The molecule has 2 N–H and O–H groups in total. The van der Waals surface area contributed by atoms with Gasteiger partial charge < -0.3 is 10.2 Å². The molecule has 5 saturated carbocycles. The van der Waals surface area contributed by atoms with Crippen LogP contribution in [-0.2, 0) is 4.79 Å². The van der Waals surface area contributed by atoms with Gasteiger partial charge in [0, 0.05) is 0 Å². The molecule has 5 aliphatic rings. The molecule has 5 aliphatic carbocycles. The van der Waals surface area contributed by atoms with Gasteiger partial charge in [-0.05, 0) is 129 Å². The molecule has 3 nitrogen and oxygen atoms in total. The average Bonchev–Trinajstić information content (AvgIpc) is 3.05. The summed E-state index contributed by atoms with van der Waals surface area (Å²) in [6, 6.07) is 0. The maximum atomic E-state index is 12.5. The summed E-state index contributed by atoms with van der Waals surface area (Å²) in [6.45, 7) is 18.7. The number of aliphatic carboxylic acids is 1. The summed E-state index contributed by atoms with van der Waals surface area (Å²) in [5.41, 5.74) is 1.40. The summed E-state index contributed by atoms with van der Waals surface area (Å²) < 4.78 is 0. The first-order valence-corrected chi connectivity index (χ1v) is 13.8. The Balaban J connectivity index is 1.54. The molecule has 3 heteroatoms. The standard InChI is InChI=1S/C30H48O3/c1-18(2)20-10-13-26(3)21(20)11-14-29(6)23(26)8-9-24-27(4)16-19(31)17-28(5,25(32)33)22(27)12-15-30(24,29)7/h19-24,31H,1,8-17H2,2-7H3,(H,32,33)/t19-,20+,21-,22+,23+,24+,26-,27-,28+,29+,30+/m0/s1. The molecule has 0 aromatic heterocycles. The number of aliphatic hydroxyl groups is 1. The zero-order chi connectivity index (χ0) is 24.2. The molecule has 0 aliphatic heterocycles. The zero-order valence-electron chi connectivity index (χ0n) is 22.0. The SMILES string of the molecule is C=C(C)[C@H]1CC[C@]2(C)[C@H]3CC[C@@H]4[C@@]5(C)C[C@H](O)C[C@@](C)(C(=O)O)[C@@H]5CC[C@@]4(C)[C@]3(C)CC[C@@H]12. The molecule has 0 bridgehead atoms. The van der Waals surface area contributed by atoms with Crippen LogP contribution in [0.15, 0.2) is 12.2 Å². The van der Waals surface area contributed by atoms with Crippen LogP contribution in [0.1, 0.15) is 106 Å². The van der Waals surface area contributed by atoms with Crippen molar-refractivity contribution in [3.63, 3.8) is 0 Å². The van der Waals surface area contributed by atoms with E-state index in [-0.39, 0.29) is 16.7 Å². The van der Waals surface area contributed by atoms with Gasteiger partial charge in [0.25, 0.3) is 0 Å². The van der Waals surface area contributed by atoms with Gasteiger partial charge in [0.1, 0.15) is 0 Å². The van der Waals surface area contributed by atoms with E-state index in [0.717, 1.165) is 31.1 Å². The van der Waals surface area contributed by atoms with Crippen LogP contribution in [0.4, 0.5) is 0 Å². The average molecular weight is 457 g/mol. The fourth-order valence-electron chi connectivity index (χ4n) is 11.9. The van der Waals surface area contributed by atoms with Gasteiger partial charge in [0.2, 0.25) is 0 Å². The van der Waals surface area contributed by atoms with Gasteiger partial charge in [-0.3, -0.25) is 4.79 Å². The van der Waals surface area contributed by atoms with Crippen LogP contribution in [0.25, 0.3) is 0 Å². The Kier molecular flexibility index (Phi) is 5.15. The van der Waals surface area contributed by atoms with Gasteiger partial charge in [-0.15, -0.1) is 0 Å². The van der Waals surface area contributed by atoms with Crippen LogP contribution in [0.3, 0.4) is 0 Å². The van der Waals surface area contributed by atoms with Crippen molar-refractivity contribution in [3.8, 4) is 0 Å². The van der Waals surface area contributed by atoms with E-state index >= 15 is 0 Å². The molecule has 0 aromatic rings. The normalized spacial score (nSPS) is 57.9. The third-order valence-electron chi connectivity index (χ3n) is 13.5. The fraction of sp³-hybridized carbons (Fsp3) is 0.900. The van der Waals surface area contributed by atoms with E-state index < -0.39 is 17.5 Å². The van der Waals surface area contributed by atoms with Gasteiger partial charge in [0.05, 0.1) is 11.5 Å². The highest BCUT2D eigenvalue weighted by Gasteiger charge is 2.71. The van der Waals surface area contributed by atoms with Crippen LogP contribution < -0.4 is 0 Å². The molecule has 0 spiro atoms. The first-order chi connectivity index (χ1) is 15.2. The molecule has 0 saturated heterocycles. The highest BCUT2D eigenvalue weighted by molar-refractivity contribution is 5.75. The van der Waals surface area contributed by atoms with Gasteiger partial charge in [-0.2, -0.15) is 0 Å². The molecule has 0 radical (unpaired) electrons. The zero-order valence-corrected chi connectivity index (χ0v) is 22.0. The minimum atomic E-state index is -0.810. The topological polar surface area (TPSA) is 57.5 Å². The number of rotatable bonds is 2. The molecule has 0 heterocycles. The van der Waals surface area contributed by atoms with Crippen molar-refractivity contribution in [3.05, 3.63) is 12.2 Å². The Morgan fingerprint density at radius 3 is 1.94 bits per heavy atom. The van der Waals surface area contributed by atoms with Crippen molar-refractivity contribution in [1.29, 1.82) is 0 Å². The lowest BCUT2D eigenvalue weighted by Crippen LogP contribution is -2.67. The van der Waals surface area contributed by atoms with Crippen molar-refractivity contribution in [2.24, 2.45) is 56.7 Å². The van der Waals surface area contributed by atoms with Crippen molar-refractivity contribution in [1.82, 2.24) is 0 Å². The Bertz CT molecular complexity index is 865. The number of allylic oxidation sites excluding steroid dienone is 1. The number of carboxylic acids is 1. The van der Waals surface area contributed by atoms with Crippen molar-refractivity contribution < 1.29 is 15.0 Å². The molecule has 5 rings (SSSR count). The predicted octanol–water partition coefficient (Wildman–Crippen LogP) is 7.09. The molecule has 0 aromatic carbocycles. The van der Waals surface area contributed by atoms with Crippen molar-refractivity contribution >= 4 is 5.97 Å². The van der Waals surface area contributed by atoms with E-state index in [4.69, 9.17) is 0 Å². The second-order valence-corrected chi connectivity index (χ2v) is 14.5. The number of fused-ring (bicyclic) bond motifs is 7. The minimum Gasteiger partial charge on any atom is -0.481 e. The number of aliphatic hydroxyl groups excluding tert-OH is 1. The van der Waals surface area contributed by atoms with E-state index in [1.807, 2.05) is 6.92 Å². The molecule has 33 heavy (non-hydrogen) atoms. The first kappa shape index (κ1) is 23.9. The lowest BCUT2D eigenvalue weighted by atomic mass is 9.32. The number of hydrogen-bond acceptors (Lipinski definition) is 2. The quantitative estimate of drug-likeness (QED) is 0.436. The van der Waals surface area contributed by atoms with Crippen molar-refractivity contribution in [2.75, 3.05) is 0 Å². The second-order valence-electron chi connectivity index (χ2n) is 14.5. The molecular weight excluding hydrogens is 408 g/mol. The van der Waals surface area contributed by atoms with Crippen LogP contribution in [0.2, 0.25) is 0 Å². The summed E-state index contributed by atoms with van der Waals surface area (Å²) in [5, 5.41) is 21.2. The van der Waals surface area contributed by atoms with Crippen LogP contribution >= 0.6 is 0 Å². The highest BCUT2D eigenvalue weighted by atomic mass is 16.4. The largest absolute Gasteiger partial charge is 0.481 e. The molecule has 5 fully saturated rings. The smallest absolute Gasteiger partial charge is 0.309 e. The first-order valence-electron chi connectivity index (χ1n) is 13.8. The van der Waals surface area contributed by atoms with Crippen LogP contribution in [-0.4, -0.2) is 22.3 Å². The summed E-state index contributed by atoms with van der Waals surface area (Å²) in [5.74, 6) is 2.18. The molecule has 11 atom stereocenters. The summed E-state index contributed by atoms with van der Waals surface area (Å²) in [4.78, 5) is 12.5. The molecule has 0 amide bonds. The van der Waals surface area contributed by atoms with Crippen LogP contribution in [0.5, 0.6) is 0 Å². The lowest BCUT2D eigenvalue weighted by molar-refractivity contribution is -0.251. The predicted molar refractivity (Wildman–Crippen MR) is 133 cm³/mol. The van der Waals surface area contributed by atoms with Crippen molar-refractivity contribution in [2.45, 2.75) is 112 Å². The van der Waals surface area contributed by atoms with E-state index in [0.29, 0.717) is 29.1 Å². The third-order valence-corrected chi connectivity index (χ3v) is 13.5. The number of carboxylic acid groups (broad SMARTS) is 1. The maximum Gasteiger partial charge on any atom is 0.309 e. The Hall–Kier alpha value is -0.830. The molecule has 186 valence electrons. The monoisotopic (exact) mass is 456 g/mol. The van der Waals surface area contributed by atoms with Gasteiger partial charge in [0.15, 0.2) is 0 Å². The molecule has 0 unspecified atom stereocenters. The minimum absolute atomic E-state index is 0.0978. The Morgan fingerprint density at radius 1 is 0.788 bits per heavy atom. The lowest BCUT2D eigenvalue weighted by Gasteiger charge is -2.73. The van der Waals surface area contributed by atoms with E-state index in [9.17, 15) is 15.0 Å². The van der Waals surface area contributed by atoms with Gasteiger partial charge in [-0.25, -0.2) is 0 Å². The summed E-state index contributed by atoms with van der Waals surface area (Å²) in [7, 11) is 0. The summed E-state index contributed by atoms with van der Waals surface area (Å²) in [6.07, 6.45) is 10.6. The number of carbonyl (C=O) groups is 1. The van der Waals surface area contributed by atoms with Gasteiger partial charge in [-0.1, -0.05) is 39.8 Å². The van der Waals surface area contributed by atoms with Crippen LogP contribution in [0, 0.1) is 56.7 Å². The summed E-state index contributed by atoms with van der Waals surface area (Å²) >= 11 is 0.